The molecule has 18 heavy (non-hydrogen) atoms. The number of fused-ring (bicyclic) bond motifs is 1. The van der Waals surface area contributed by atoms with Gasteiger partial charge in [0.2, 0.25) is 0 Å². The quantitative estimate of drug-likeness (QED) is 0.721. The molecule has 2 aromatic heterocycles. The Hall–Kier alpha value is -2.42. The zero-order valence-corrected chi connectivity index (χ0v) is 9.60. The molecule has 2 nitrogen and oxygen atoms in total. The van der Waals surface area contributed by atoms with Crippen molar-refractivity contribution in [2.75, 3.05) is 0 Å². The largest absolute Gasteiger partial charge is 0.360 e. The van der Waals surface area contributed by atoms with E-state index in [9.17, 15) is 4.39 Å². The van der Waals surface area contributed by atoms with Crippen LogP contribution in [0.25, 0.3) is 23.1 Å². The highest BCUT2D eigenvalue weighted by Crippen LogP contribution is 2.20. The second kappa shape index (κ2) is 4.45. The molecule has 0 aliphatic rings. The highest BCUT2D eigenvalue weighted by molar-refractivity contribution is 5.91. The van der Waals surface area contributed by atoms with E-state index in [1.54, 1.807) is 12.3 Å². The van der Waals surface area contributed by atoms with Crippen molar-refractivity contribution in [3.63, 3.8) is 0 Å². The van der Waals surface area contributed by atoms with Crippen molar-refractivity contribution in [2.45, 2.75) is 0 Å². The van der Waals surface area contributed by atoms with Gasteiger partial charge < -0.3 is 4.98 Å². The van der Waals surface area contributed by atoms with Gasteiger partial charge in [-0.05, 0) is 42.0 Å². The molecule has 3 heteroatoms. The molecule has 0 unspecified atom stereocenters. The maximum absolute atomic E-state index is 13.0. The summed E-state index contributed by atoms with van der Waals surface area (Å²) >= 11 is 0. The van der Waals surface area contributed by atoms with Crippen molar-refractivity contribution >= 4 is 23.1 Å². The molecule has 0 amide bonds. The number of pyridine rings is 1. The van der Waals surface area contributed by atoms with E-state index in [4.69, 9.17) is 0 Å². The normalized spacial score (nSPS) is 11.4. The van der Waals surface area contributed by atoms with Gasteiger partial charge in [0.1, 0.15) is 5.82 Å². The van der Waals surface area contributed by atoms with Crippen LogP contribution in [0.4, 0.5) is 4.39 Å². The number of aromatic amines is 1. The second-order valence-corrected chi connectivity index (χ2v) is 4.02. The molecule has 1 N–H and O–H groups in total. The van der Waals surface area contributed by atoms with Gasteiger partial charge in [-0.15, -0.1) is 0 Å². The van der Waals surface area contributed by atoms with E-state index in [2.05, 4.69) is 9.97 Å². The highest BCUT2D eigenvalue weighted by atomic mass is 19.1. The van der Waals surface area contributed by atoms with E-state index >= 15 is 0 Å². The molecule has 88 valence electrons. The minimum absolute atomic E-state index is 0.232. The summed E-state index contributed by atoms with van der Waals surface area (Å²) in [5.74, 6) is -0.232. The number of benzene rings is 1. The fraction of sp³-hybridized carbons (Fsp3) is 0. The summed E-state index contributed by atoms with van der Waals surface area (Å²) in [6.45, 7) is 0. The third-order valence-corrected chi connectivity index (χ3v) is 2.80. The Balaban J connectivity index is 1.98. The second-order valence-electron chi connectivity index (χ2n) is 4.02. The molecule has 3 aromatic rings. The van der Waals surface area contributed by atoms with Gasteiger partial charge in [-0.25, -0.2) is 4.39 Å². The van der Waals surface area contributed by atoms with Crippen LogP contribution < -0.4 is 0 Å². The molecule has 0 radical (unpaired) electrons. The Kier molecular flexibility index (Phi) is 2.65. The third kappa shape index (κ3) is 2.02. The maximum atomic E-state index is 13.0. The van der Waals surface area contributed by atoms with Crippen molar-refractivity contribution in [3.8, 4) is 0 Å². The van der Waals surface area contributed by atoms with Crippen molar-refractivity contribution in [1.29, 1.82) is 0 Å². The minimum atomic E-state index is -0.232. The SMILES string of the molecule is Fc1ccc2c(/C=C/c3ccccn3)c[nH]c2c1. The molecule has 2 heterocycles. The van der Waals surface area contributed by atoms with E-state index in [0.29, 0.717) is 0 Å². The first kappa shape index (κ1) is 10.7. The number of nitrogens with zero attached hydrogens (tertiary/aromatic N) is 1. The predicted molar refractivity (Wildman–Crippen MR) is 71.4 cm³/mol. The van der Waals surface area contributed by atoms with Crippen molar-refractivity contribution in [3.05, 3.63) is 65.9 Å². The lowest BCUT2D eigenvalue weighted by molar-refractivity contribution is 0.629. The molecule has 0 fully saturated rings. The smallest absolute Gasteiger partial charge is 0.125 e. The third-order valence-electron chi connectivity index (χ3n) is 2.80. The topological polar surface area (TPSA) is 28.7 Å². The van der Waals surface area contributed by atoms with Gasteiger partial charge >= 0.3 is 0 Å². The van der Waals surface area contributed by atoms with Crippen LogP contribution in [0.1, 0.15) is 11.3 Å². The molecule has 0 aliphatic carbocycles. The number of rotatable bonds is 2. The number of aromatic nitrogens is 2. The van der Waals surface area contributed by atoms with Crippen LogP contribution in [0.3, 0.4) is 0 Å². The molecule has 0 aliphatic heterocycles. The summed E-state index contributed by atoms with van der Waals surface area (Å²) in [7, 11) is 0. The van der Waals surface area contributed by atoms with Crippen LogP contribution in [0.5, 0.6) is 0 Å². The summed E-state index contributed by atoms with van der Waals surface area (Å²) in [6.07, 6.45) is 7.53. The first-order valence-corrected chi connectivity index (χ1v) is 5.69. The van der Waals surface area contributed by atoms with Crippen LogP contribution in [-0.2, 0) is 0 Å². The van der Waals surface area contributed by atoms with Crippen LogP contribution in [0.15, 0.2) is 48.8 Å². The summed E-state index contributed by atoms with van der Waals surface area (Å²) < 4.78 is 13.0. The number of halogens is 1. The molecule has 0 saturated heterocycles. The average molecular weight is 238 g/mol. The van der Waals surface area contributed by atoms with Gasteiger partial charge in [0.15, 0.2) is 0 Å². The zero-order chi connectivity index (χ0) is 12.4. The van der Waals surface area contributed by atoms with Crippen LogP contribution >= 0.6 is 0 Å². The summed E-state index contributed by atoms with van der Waals surface area (Å²) in [5, 5.41) is 1.00. The van der Waals surface area contributed by atoms with E-state index in [0.717, 1.165) is 22.2 Å². The first-order chi connectivity index (χ1) is 8.83. The van der Waals surface area contributed by atoms with Gasteiger partial charge in [-0.3, -0.25) is 4.98 Å². The van der Waals surface area contributed by atoms with E-state index in [1.165, 1.54) is 12.1 Å². The van der Waals surface area contributed by atoms with E-state index in [1.807, 2.05) is 36.5 Å². The first-order valence-electron chi connectivity index (χ1n) is 5.69. The Morgan fingerprint density at radius 1 is 1.11 bits per heavy atom. The lowest BCUT2D eigenvalue weighted by Gasteiger charge is -1.93. The molecular formula is C15H11FN2. The zero-order valence-electron chi connectivity index (χ0n) is 9.60. The van der Waals surface area contributed by atoms with Gasteiger partial charge in [-0.2, -0.15) is 0 Å². The number of hydrogen-bond donors (Lipinski definition) is 1. The average Bonchev–Trinajstić information content (AvgIpc) is 2.80. The van der Waals surface area contributed by atoms with Crippen LogP contribution in [0, 0.1) is 5.82 Å². The Morgan fingerprint density at radius 3 is 2.89 bits per heavy atom. The van der Waals surface area contributed by atoms with Crippen LogP contribution in [-0.4, -0.2) is 9.97 Å². The Bertz CT molecular complexity index is 699. The predicted octanol–water partition coefficient (Wildman–Crippen LogP) is 3.87. The van der Waals surface area contributed by atoms with Crippen molar-refractivity contribution in [1.82, 2.24) is 9.97 Å². The van der Waals surface area contributed by atoms with Gasteiger partial charge in [-0.1, -0.05) is 12.1 Å². The Labute approximate surface area is 104 Å². The molecule has 1 aromatic carbocycles. The Morgan fingerprint density at radius 2 is 2.06 bits per heavy atom. The fourth-order valence-electron chi connectivity index (χ4n) is 1.91. The minimum Gasteiger partial charge on any atom is -0.360 e. The number of nitrogens with one attached hydrogen (secondary N) is 1. The molecule has 0 saturated carbocycles. The number of hydrogen-bond acceptors (Lipinski definition) is 1. The summed E-state index contributed by atoms with van der Waals surface area (Å²) in [4.78, 5) is 7.27. The van der Waals surface area contributed by atoms with Gasteiger partial charge in [0.05, 0.1) is 5.69 Å². The molecular weight excluding hydrogens is 227 g/mol. The lowest BCUT2D eigenvalue weighted by Crippen LogP contribution is -1.76. The van der Waals surface area contributed by atoms with E-state index in [-0.39, 0.29) is 5.82 Å². The molecule has 0 spiro atoms. The molecule has 0 bridgehead atoms. The fourth-order valence-corrected chi connectivity index (χ4v) is 1.91. The summed E-state index contributed by atoms with van der Waals surface area (Å²) in [6, 6.07) is 10.5. The monoisotopic (exact) mass is 238 g/mol. The summed E-state index contributed by atoms with van der Waals surface area (Å²) in [5.41, 5.74) is 2.72. The van der Waals surface area contributed by atoms with Crippen LogP contribution in [0.2, 0.25) is 0 Å². The standard InChI is InChI=1S/C15H11FN2/c16-12-5-7-14-11(10-18-15(14)9-12)4-6-13-3-1-2-8-17-13/h1-10,18H/b6-4+. The van der Waals surface area contributed by atoms with Gasteiger partial charge in [0.25, 0.3) is 0 Å². The lowest BCUT2D eigenvalue weighted by atomic mass is 10.1. The molecule has 0 atom stereocenters. The van der Waals surface area contributed by atoms with Gasteiger partial charge in [0, 0.05) is 23.3 Å². The molecule has 3 rings (SSSR count). The maximum Gasteiger partial charge on any atom is 0.125 e. The van der Waals surface area contributed by atoms with Crippen molar-refractivity contribution in [2.24, 2.45) is 0 Å². The number of H-pyrrole nitrogens is 1. The van der Waals surface area contributed by atoms with E-state index < -0.39 is 0 Å². The highest BCUT2D eigenvalue weighted by Gasteiger charge is 2.01. The van der Waals surface area contributed by atoms with Crippen molar-refractivity contribution < 1.29 is 4.39 Å².